The molecule has 0 radical (unpaired) electrons. The second kappa shape index (κ2) is 7.24. The monoisotopic (exact) mass is 311 g/mol. The lowest BCUT2D eigenvalue weighted by Gasteiger charge is -2.25. The lowest BCUT2D eigenvalue weighted by molar-refractivity contribution is -0.154. The Hall–Kier alpha value is -2.11. The van der Waals surface area contributed by atoms with Crippen LogP contribution in [0.5, 0.6) is 0 Å². The van der Waals surface area contributed by atoms with Crippen LogP contribution < -0.4 is 5.32 Å². The van der Waals surface area contributed by atoms with Crippen LogP contribution in [0, 0.1) is 0 Å². The predicted octanol–water partition coefficient (Wildman–Crippen LogP) is 2.64. The molecule has 0 fully saturated rings. The summed E-state index contributed by atoms with van der Waals surface area (Å²) in [6.45, 7) is 4.56. The third-order valence-corrected chi connectivity index (χ3v) is 2.79. The molecule has 0 unspecified atom stereocenters. The fourth-order valence-electron chi connectivity index (χ4n) is 1.84. The van der Waals surface area contributed by atoms with Crippen molar-refractivity contribution in [3.05, 3.63) is 35.9 Å². The van der Waals surface area contributed by atoms with Gasteiger partial charge in [-0.15, -0.1) is 0 Å². The van der Waals surface area contributed by atoms with E-state index in [0.29, 0.717) is 5.56 Å². The van der Waals surface area contributed by atoms with E-state index in [9.17, 15) is 14.0 Å². The summed E-state index contributed by atoms with van der Waals surface area (Å²) in [6.07, 6.45) is -0.984. The van der Waals surface area contributed by atoms with Crippen molar-refractivity contribution < 1.29 is 23.5 Å². The molecule has 1 atom stereocenters. The summed E-state index contributed by atoms with van der Waals surface area (Å²) in [4.78, 5) is 23.4. The number of carbonyl (C=O) groups excluding carboxylic acids is 2. The molecule has 0 aromatic heterocycles. The molecule has 0 bridgehead atoms. The standard InChI is InChI=1S/C16H22FNO4/c1-15(2,3)22-14(20)18-11-16(17,13(19)21-4)10-12-8-6-5-7-9-12/h5-9H,10-11H2,1-4H3,(H,18,20)/t16-/m0/s1. The number of ether oxygens (including phenoxy) is 2. The predicted molar refractivity (Wildman–Crippen MR) is 80.2 cm³/mol. The Bertz CT molecular complexity index is 513. The highest BCUT2D eigenvalue weighted by molar-refractivity contribution is 5.81. The van der Waals surface area contributed by atoms with Crippen LogP contribution in [0.3, 0.4) is 0 Å². The molecule has 0 saturated carbocycles. The quantitative estimate of drug-likeness (QED) is 0.849. The largest absolute Gasteiger partial charge is 0.467 e. The van der Waals surface area contributed by atoms with Crippen LogP contribution in [0.15, 0.2) is 30.3 Å². The minimum absolute atomic E-state index is 0.198. The van der Waals surface area contributed by atoms with Crippen LogP contribution in [0.4, 0.5) is 9.18 Å². The normalized spacial score (nSPS) is 13.9. The van der Waals surface area contributed by atoms with E-state index in [1.54, 1.807) is 51.1 Å². The first kappa shape index (κ1) is 17.9. The maximum atomic E-state index is 14.9. The summed E-state index contributed by atoms with van der Waals surface area (Å²) in [6, 6.07) is 8.68. The number of benzene rings is 1. The molecule has 0 spiro atoms. The van der Waals surface area contributed by atoms with Gasteiger partial charge in [0.2, 0.25) is 5.67 Å². The molecule has 6 heteroatoms. The molecule has 0 heterocycles. The van der Waals surface area contributed by atoms with Crippen molar-refractivity contribution in [2.75, 3.05) is 13.7 Å². The molecule has 0 aliphatic rings. The number of alkyl halides is 1. The summed E-state index contributed by atoms with van der Waals surface area (Å²) >= 11 is 0. The van der Waals surface area contributed by atoms with E-state index in [1.165, 1.54) is 0 Å². The van der Waals surface area contributed by atoms with Crippen molar-refractivity contribution in [2.45, 2.75) is 38.5 Å². The smallest absolute Gasteiger partial charge is 0.407 e. The Morgan fingerprint density at radius 1 is 1.18 bits per heavy atom. The molecule has 1 amide bonds. The summed E-state index contributed by atoms with van der Waals surface area (Å²) in [5, 5.41) is 2.28. The van der Waals surface area contributed by atoms with Crippen molar-refractivity contribution >= 4 is 12.1 Å². The van der Waals surface area contributed by atoms with Crippen molar-refractivity contribution in [1.29, 1.82) is 0 Å². The molecule has 22 heavy (non-hydrogen) atoms. The molecular weight excluding hydrogens is 289 g/mol. The number of alkyl carbamates (subject to hydrolysis) is 1. The number of nitrogens with one attached hydrogen (secondary N) is 1. The Balaban J connectivity index is 2.76. The van der Waals surface area contributed by atoms with E-state index in [-0.39, 0.29) is 6.42 Å². The summed E-state index contributed by atoms with van der Waals surface area (Å²) in [5.41, 5.74) is -2.43. The minimum atomic E-state index is -2.35. The molecule has 0 saturated heterocycles. The summed E-state index contributed by atoms with van der Waals surface area (Å²) in [7, 11) is 1.11. The number of methoxy groups -OCH3 is 1. The zero-order chi connectivity index (χ0) is 16.8. The van der Waals surface area contributed by atoms with Gasteiger partial charge in [-0.05, 0) is 26.3 Å². The SMILES string of the molecule is COC(=O)[C@@](F)(CNC(=O)OC(C)(C)C)Cc1ccccc1. The number of hydrogen-bond donors (Lipinski definition) is 1. The van der Waals surface area contributed by atoms with Gasteiger partial charge in [-0.1, -0.05) is 30.3 Å². The molecular formula is C16H22FNO4. The Morgan fingerprint density at radius 3 is 2.27 bits per heavy atom. The molecule has 1 aromatic rings. The minimum Gasteiger partial charge on any atom is -0.467 e. The van der Waals surface area contributed by atoms with Gasteiger partial charge in [0.05, 0.1) is 13.7 Å². The number of rotatable bonds is 5. The Morgan fingerprint density at radius 2 is 1.77 bits per heavy atom. The van der Waals surface area contributed by atoms with Gasteiger partial charge in [0.15, 0.2) is 0 Å². The van der Waals surface area contributed by atoms with Crippen molar-refractivity contribution in [3.63, 3.8) is 0 Å². The Kier molecular flexibility index (Phi) is 5.91. The zero-order valence-electron chi connectivity index (χ0n) is 13.3. The van der Waals surface area contributed by atoms with Crippen LogP contribution in [0.2, 0.25) is 0 Å². The van der Waals surface area contributed by atoms with Gasteiger partial charge in [0.25, 0.3) is 0 Å². The summed E-state index contributed by atoms with van der Waals surface area (Å²) in [5.74, 6) is -1.03. The van der Waals surface area contributed by atoms with Gasteiger partial charge < -0.3 is 14.8 Å². The number of carbonyl (C=O) groups is 2. The molecule has 122 valence electrons. The van der Waals surface area contributed by atoms with Crippen LogP contribution in [0.1, 0.15) is 26.3 Å². The van der Waals surface area contributed by atoms with E-state index >= 15 is 0 Å². The number of esters is 1. The van der Waals surface area contributed by atoms with E-state index in [1.807, 2.05) is 0 Å². The van der Waals surface area contributed by atoms with Gasteiger partial charge in [-0.2, -0.15) is 0 Å². The second-order valence-electron chi connectivity index (χ2n) is 5.97. The van der Waals surface area contributed by atoms with E-state index < -0.39 is 29.9 Å². The third-order valence-electron chi connectivity index (χ3n) is 2.79. The highest BCUT2D eigenvalue weighted by Crippen LogP contribution is 2.20. The fraction of sp³-hybridized carbons (Fsp3) is 0.500. The van der Waals surface area contributed by atoms with Crippen LogP contribution >= 0.6 is 0 Å². The molecule has 5 nitrogen and oxygen atoms in total. The third kappa shape index (κ3) is 5.71. The number of amides is 1. The first-order valence-electron chi connectivity index (χ1n) is 6.94. The van der Waals surface area contributed by atoms with E-state index in [2.05, 4.69) is 10.1 Å². The summed E-state index contributed by atoms with van der Waals surface area (Å²) < 4.78 is 24.5. The average molecular weight is 311 g/mol. The van der Waals surface area contributed by atoms with E-state index in [0.717, 1.165) is 7.11 Å². The molecule has 0 aliphatic carbocycles. The molecule has 1 N–H and O–H groups in total. The Labute approximate surface area is 129 Å². The van der Waals surface area contributed by atoms with Crippen molar-refractivity contribution in [3.8, 4) is 0 Å². The fourth-order valence-corrected chi connectivity index (χ4v) is 1.84. The highest BCUT2D eigenvalue weighted by atomic mass is 19.1. The molecule has 1 rings (SSSR count). The van der Waals surface area contributed by atoms with Gasteiger partial charge in [-0.25, -0.2) is 14.0 Å². The topological polar surface area (TPSA) is 64.6 Å². The second-order valence-corrected chi connectivity index (χ2v) is 5.97. The lowest BCUT2D eigenvalue weighted by atomic mass is 9.96. The number of halogens is 1. The zero-order valence-corrected chi connectivity index (χ0v) is 13.3. The van der Waals surface area contributed by atoms with Crippen molar-refractivity contribution in [2.24, 2.45) is 0 Å². The first-order valence-corrected chi connectivity index (χ1v) is 6.94. The van der Waals surface area contributed by atoms with Crippen LogP contribution in [0.25, 0.3) is 0 Å². The van der Waals surface area contributed by atoms with Gasteiger partial charge in [-0.3, -0.25) is 0 Å². The maximum absolute atomic E-state index is 14.9. The average Bonchev–Trinajstić information content (AvgIpc) is 2.43. The highest BCUT2D eigenvalue weighted by Gasteiger charge is 2.41. The van der Waals surface area contributed by atoms with Crippen LogP contribution in [-0.2, 0) is 20.7 Å². The molecule has 0 aliphatic heterocycles. The number of hydrogen-bond acceptors (Lipinski definition) is 4. The molecule has 1 aromatic carbocycles. The van der Waals surface area contributed by atoms with E-state index in [4.69, 9.17) is 4.74 Å². The van der Waals surface area contributed by atoms with Gasteiger partial charge in [0.1, 0.15) is 5.60 Å². The van der Waals surface area contributed by atoms with Crippen molar-refractivity contribution in [1.82, 2.24) is 5.32 Å². The van der Waals surface area contributed by atoms with Crippen LogP contribution in [-0.4, -0.2) is 37.0 Å². The maximum Gasteiger partial charge on any atom is 0.407 e. The lowest BCUT2D eigenvalue weighted by Crippen LogP contribution is -2.48. The van der Waals surface area contributed by atoms with Gasteiger partial charge >= 0.3 is 12.1 Å². The first-order chi connectivity index (χ1) is 10.2. The van der Waals surface area contributed by atoms with Gasteiger partial charge in [0, 0.05) is 6.42 Å².